The van der Waals surface area contributed by atoms with Crippen LogP contribution in [0.3, 0.4) is 0 Å². The van der Waals surface area contributed by atoms with E-state index in [1.165, 1.54) is 0 Å². The van der Waals surface area contributed by atoms with E-state index < -0.39 is 0 Å². The van der Waals surface area contributed by atoms with Gasteiger partial charge in [-0.3, -0.25) is 4.79 Å². The van der Waals surface area contributed by atoms with Gasteiger partial charge in [-0.1, -0.05) is 36.4 Å². The molecule has 1 amide bonds. The van der Waals surface area contributed by atoms with Crippen molar-refractivity contribution in [3.8, 4) is 5.75 Å². The molecule has 0 fully saturated rings. The maximum Gasteiger partial charge on any atom is 0.226 e. The summed E-state index contributed by atoms with van der Waals surface area (Å²) in [5.74, 6) is 0.705. The zero-order valence-electron chi connectivity index (χ0n) is 14.2. The molecule has 128 valence electrons. The van der Waals surface area contributed by atoms with Crippen LogP contribution in [0.5, 0.6) is 5.75 Å². The Hall–Kier alpha value is -3.08. The molecular weight excluding hydrogens is 314 g/mol. The first-order chi connectivity index (χ1) is 12.2. The number of hydrogen-bond donors (Lipinski definition) is 1. The van der Waals surface area contributed by atoms with E-state index in [1.807, 2.05) is 66.2 Å². The summed E-state index contributed by atoms with van der Waals surface area (Å²) in [7, 11) is 0. The molecule has 25 heavy (non-hydrogen) atoms. The molecule has 0 spiro atoms. The van der Waals surface area contributed by atoms with Crippen LogP contribution < -0.4 is 10.1 Å². The molecule has 3 aromatic rings. The van der Waals surface area contributed by atoms with Crippen molar-refractivity contribution in [3.63, 3.8) is 0 Å². The number of carbonyl (C=O) groups is 1. The maximum absolute atomic E-state index is 12.2. The van der Waals surface area contributed by atoms with Gasteiger partial charge in [-0.05, 0) is 24.1 Å². The Labute approximate surface area is 147 Å². The van der Waals surface area contributed by atoms with Crippen LogP contribution >= 0.6 is 0 Å². The second-order valence-electron chi connectivity index (χ2n) is 5.85. The lowest BCUT2D eigenvalue weighted by Crippen LogP contribution is -2.14. The first kappa shape index (κ1) is 16.8. The molecule has 0 atom stereocenters. The third-order valence-corrected chi connectivity index (χ3v) is 3.89. The number of rotatable bonds is 7. The number of ether oxygens (including phenoxy) is 1. The first-order valence-electron chi connectivity index (χ1n) is 8.24. The Balaban J connectivity index is 1.58. The smallest absolute Gasteiger partial charge is 0.226 e. The Bertz CT molecular complexity index is 814. The summed E-state index contributed by atoms with van der Waals surface area (Å²) in [5.41, 5.74) is 2.89. The van der Waals surface area contributed by atoms with Crippen LogP contribution in [-0.4, -0.2) is 15.5 Å². The summed E-state index contributed by atoms with van der Waals surface area (Å²) < 4.78 is 7.71. The summed E-state index contributed by atoms with van der Waals surface area (Å²) in [6.45, 7) is 3.07. The number of imidazole rings is 1. The number of nitrogens with one attached hydrogen (secondary N) is 1. The quantitative estimate of drug-likeness (QED) is 0.714. The fourth-order valence-electron chi connectivity index (χ4n) is 2.43. The number of anilines is 1. The van der Waals surface area contributed by atoms with Gasteiger partial charge in [0.2, 0.25) is 5.91 Å². The normalized spacial score (nSPS) is 10.4. The predicted molar refractivity (Wildman–Crippen MR) is 97.4 cm³/mol. The minimum atomic E-state index is -0.0305. The van der Waals surface area contributed by atoms with Crippen LogP contribution in [0, 0.1) is 6.92 Å². The molecule has 0 unspecified atom stereocenters. The minimum Gasteiger partial charge on any atom is -0.489 e. The van der Waals surface area contributed by atoms with Gasteiger partial charge in [-0.25, -0.2) is 4.98 Å². The van der Waals surface area contributed by atoms with Gasteiger partial charge in [0.25, 0.3) is 0 Å². The molecule has 0 aliphatic heterocycles. The topological polar surface area (TPSA) is 56.1 Å². The molecule has 1 N–H and O–H groups in total. The van der Waals surface area contributed by atoms with Crippen LogP contribution in [0.15, 0.2) is 67.3 Å². The molecule has 0 saturated heterocycles. The standard InChI is InChI=1S/C20H21N3O2/c1-16-7-8-18(25-14-17-5-3-2-4-6-17)13-19(16)22-20(24)9-11-23-12-10-21-15-23/h2-8,10,12-13,15H,9,11,14H2,1H3,(H,22,24). The molecule has 0 radical (unpaired) electrons. The molecule has 0 saturated carbocycles. The van der Waals surface area contributed by atoms with Crippen LogP contribution in [-0.2, 0) is 17.9 Å². The monoisotopic (exact) mass is 335 g/mol. The summed E-state index contributed by atoms with van der Waals surface area (Å²) in [5, 5.41) is 2.96. The van der Waals surface area contributed by atoms with E-state index in [0.717, 1.165) is 22.6 Å². The van der Waals surface area contributed by atoms with Crippen molar-refractivity contribution in [1.29, 1.82) is 0 Å². The van der Waals surface area contributed by atoms with Crippen molar-refractivity contribution in [3.05, 3.63) is 78.4 Å². The zero-order valence-corrected chi connectivity index (χ0v) is 14.2. The second-order valence-corrected chi connectivity index (χ2v) is 5.85. The van der Waals surface area contributed by atoms with Gasteiger partial charge in [0.1, 0.15) is 12.4 Å². The second kappa shape index (κ2) is 8.15. The lowest BCUT2D eigenvalue weighted by molar-refractivity contribution is -0.116. The number of hydrogen-bond acceptors (Lipinski definition) is 3. The predicted octanol–water partition coefficient (Wildman–Crippen LogP) is 3.80. The number of amides is 1. The largest absolute Gasteiger partial charge is 0.489 e. The summed E-state index contributed by atoms with van der Waals surface area (Å²) in [6.07, 6.45) is 5.65. The molecule has 0 aliphatic carbocycles. The van der Waals surface area contributed by atoms with E-state index in [2.05, 4.69) is 10.3 Å². The summed E-state index contributed by atoms with van der Waals surface area (Å²) >= 11 is 0. The van der Waals surface area contributed by atoms with Crippen molar-refractivity contribution in [2.24, 2.45) is 0 Å². The van der Waals surface area contributed by atoms with Crippen LogP contribution in [0.2, 0.25) is 0 Å². The Morgan fingerprint density at radius 2 is 2.04 bits per heavy atom. The third-order valence-electron chi connectivity index (χ3n) is 3.89. The van der Waals surface area contributed by atoms with Crippen molar-refractivity contribution >= 4 is 11.6 Å². The van der Waals surface area contributed by atoms with E-state index in [1.54, 1.807) is 12.5 Å². The number of aryl methyl sites for hydroxylation is 2. The highest BCUT2D eigenvalue weighted by molar-refractivity contribution is 5.91. The maximum atomic E-state index is 12.2. The molecule has 5 nitrogen and oxygen atoms in total. The number of nitrogens with zero attached hydrogens (tertiary/aromatic N) is 2. The number of aromatic nitrogens is 2. The van der Waals surface area contributed by atoms with Crippen molar-refractivity contribution in [2.45, 2.75) is 26.5 Å². The van der Waals surface area contributed by atoms with Crippen molar-refractivity contribution in [2.75, 3.05) is 5.32 Å². The summed E-state index contributed by atoms with van der Waals surface area (Å²) in [6, 6.07) is 15.7. The Morgan fingerprint density at radius 3 is 2.80 bits per heavy atom. The van der Waals surface area contributed by atoms with Crippen LogP contribution in [0.1, 0.15) is 17.5 Å². The average molecular weight is 335 g/mol. The lowest BCUT2D eigenvalue weighted by Gasteiger charge is -2.12. The van der Waals surface area contributed by atoms with E-state index in [0.29, 0.717) is 19.6 Å². The Morgan fingerprint density at radius 1 is 1.20 bits per heavy atom. The van der Waals surface area contributed by atoms with Gasteiger partial charge in [-0.2, -0.15) is 0 Å². The lowest BCUT2D eigenvalue weighted by atomic mass is 10.2. The molecule has 0 aliphatic rings. The highest BCUT2D eigenvalue weighted by atomic mass is 16.5. The molecule has 0 bridgehead atoms. The van der Waals surface area contributed by atoms with E-state index in [4.69, 9.17) is 4.74 Å². The number of benzene rings is 2. The van der Waals surface area contributed by atoms with Gasteiger partial charge >= 0.3 is 0 Å². The average Bonchev–Trinajstić information content (AvgIpc) is 3.15. The van der Waals surface area contributed by atoms with E-state index in [-0.39, 0.29) is 5.91 Å². The molecule has 3 rings (SSSR count). The van der Waals surface area contributed by atoms with Gasteiger partial charge in [0, 0.05) is 37.1 Å². The minimum absolute atomic E-state index is 0.0305. The number of carbonyl (C=O) groups excluding carboxylic acids is 1. The van der Waals surface area contributed by atoms with Crippen LogP contribution in [0.25, 0.3) is 0 Å². The SMILES string of the molecule is Cc1ccc(OCc2ccccc2)cc1NC(=O)CCn1ccnc1. The zero-order chi connectivity index (χ0) is 17.5. The molecule has 1 aromatic heterocycles. The molecular formula is C20H21N3O2. The molecule has 2 aromatic carbocycles. The van der Waals surface area contributed by atoms with E-state index >= 15 is 0 Å². The fraction of sp³-hybridized carbons (Fsp3) is 0.200. The highest BCUT2D eigenvalue weighted by Crippen LogP contribution is 2.23. The van der Waals surface area contributed by atoms with Gasteiger partial charge < -0.3 is 14.6 Å². The van der Waals surface area contributed by atoms with Crippen molar-refractivity contribution < 1.29 is 9.53 Å². The van der Waals surface area contributed by atoms with E-state index in [9.17, 15) is 4.79 Å². The van der Waals surface area contributed by atoms with Gasteiger partial charge in [-0.15, -0.1) is 0 Å². The van der Waals surface area contributed by atoms with Gasteiger partial charge in [0.05, 0.1) is 6.33 Å². The third kappa shape index (κ3) is 4.94. The summed E-state index contributed by atoms with van der Waals surface area (Å²) in [4.78, 5) is 16.1. The fourth-order valence-corrected chi connectivity index (χ4v) is 2.43. The van der Waals surface area contributed by atoms with Crippen molar-refractivity contribution in [1.82, 2.24) is 9.55 Å². The molecule has 5 heteroatoms. The molecule has 1 heterocycles. The van der Waals surface area contributed by atoms with Crippen LogP contribution in [0.4, 0.5) is 5.69 Å². The highest BCUT2D eigenvalue weighted by Gasteiger charge is 2.07. The first-order valence-corrected chi connectivity index (χ1v) is 8.24. The Kier molecular flexibility index (Phi) is 5.46. The van der Waals surface area contributed by atoms with Gasteiger partial charge in [0.15, 0.2) is 0 Å².